The lowest BCUT2D eigenvalue weighted by molar-refractivity contribution is -0.140. The molecule has 0 saturated carbocycles. The van der Waals surface area contributed by atoms with E-state index in [1.807, 2.05) is 6.92 Å². The maximum Gasteiger partial charge on any atom is 0.419 e. The smallest absolute Gasteiger partial charge is 0.317 e. The van der Waals surface area contributed by atoms with Gasteiger partial charge in [0.2, 0.25) is 0 Å². The van der Waals surface area contributed by atoms with Crippen LogP contribution in [-0.2, 0) is 12.6 Å². The molecule has 0 spiro atoms. The molecule has 5 heteroatoms. The van der Waals surface area contributed by atoms with Crippen LogP contribution in [0.2, 0.25) is 0 Å². The van der Waals surface area contributed by atoms with E-state index in [1.54, 1.807) is 0 Å². The van der Waals surface area contributed by atoms with Gasteiger partial charge in [0, 0.05) is 0 Å². The Morgan fingerprint density at radius 2 is 1.94 bits per heavy atom. The van der Waals surface area contributed by atoms with Crippen LogP contribution in [0.1, 0.15) is 24.5 Å². The fraction of sp³-hybridized carbons (Fsp3) is 0.500. The number of rotatable bonds is 5. The van der Waals surface area contributed by atoms with E-state index in [2.05, 4.69) is 5.32 Å². The van der Waals surface area contributed by atoms with E-state index in [0.29, 0.717) is 12.0 Å². The monoisotopic (exact) mass is 249 g/mol. The molecule has 0 radical (unpaired) electrons. The number of aryl methyl sites for hydroxylation is 1. The molecule has 1 aromatic carbocycles. The van der Waals surface area contributed by atoms with Gasteiger partial charge in [-0.25, -0.2) is 4.39 Å². The summed E-state index contributed by atoms with van der Waals surface area (Å²) in [5.41, 5.74) is -0.671. The van der Waals surface area contributed by atoms with E-state index in [9.17, 15) is 17.6 Å². The van der Waals surface area contributed by atoms with E-state index in [0.717, 1.165) is 31.6 Å². The number of alkyl halides is 3. The van der Waals surface area contributed by atoms with E-state index in [-0.39, 0.29) is 0 Å². The van der Waals surface area contributed by atoms with Crippen molar-refractivity contribution in [3.05, 3.63) is 35.1 Å². The van der Waals surface area contributed by atoms with Gasteiger partial charge in [-0.05, 0) is 43.6 Å². The maximum atomic E-state index is 13.0. The van der Waals surface area contributed by atoms with Crippen LogP contribution in [-0.4, -0.2) is 13.1 Å². The largest absolute Gasteiger partial charge is 0.419 e. The summed E-state index contributed by atoms with van der Waals surface area (Å²) in [6.07, 6.45) is -3.38. The normalized spacial score (nSPS) is 11.8. The van der Waals surface area contributed by atoms with Crippen molar-refractivity contribution in [1.29, 1.82) is 0 Å². The highest BCUT2D eigenvalue weighted by Gasteiger charge is 2.34. The summed E-state index contributed by atoms with van der Waals surface area (Å²) in [5, 5.41) is 3.08. The van der Waals surface area contributed by atoms with Crippen molar-refractivity contribution in [3.63, 3.8) is 0 Å². The molecule has 0 bridgehead atoms. The molecule has 0 fully saturated rings. The number of halogens is 4. The molecule has 0 heterocycles. The summed E-state index contributed by atoms with van der Waals surface area (Å²) >= 11 is 0. The van der Waals surface area contributed by atoms with Crippen molar-refractivity contribution in [2.24, 2.45) is 0 Å². The minimum absolute atomic E-state index is 0.510. The molecule has 0 unspecified atom stereocenters. The highest BCUT2D eigenvalue weighted by atomic mass is 19.4. The lowest BCUT2D eigenvalue weighted by Crippen LogP contribution is -2.15. The predicted molar refractivity (Wildman–Crippen MR) is 58.3 cm³/mol. The molecule has 17 heavy (non-hydrogen) atoms. The number of nitrogens with one attached hydrogen (secondary N) is 1. The zero-order chi connectivity index (χ0) is 12.9. The average molecular weight is 249 g/mol. The summed E-state index contributed by atoms with van der Waals surface area (Å²) < 4.78 is 50.2. The van der Waals surface area contributed by atoms with E-state index >= 15 is 0 Å². The standard InChI is InChI=1S/C12H15F4N/c1-2-17-7-3-4-9-5-6-11(13)10(8-9)12(14,15)16/h5-6,8,17H,2-4,7H2,1H3. The van der Waals surface area contributed by atoms with Crippen molar-refractivity contribution < 1.29 is 17.6 Å². The second kappa shape index (κ2) is 6.00. The molecule has 0 saturated heterocycles. The lowest BCUT2D eigenvalue weighted by Gasteiger charge is -2.10. The van der Waals surface area contributed by atoms with Gasteiger partial charge in [-0.2, -0.15) is 13.2 Å². The Balaban J connectivity index is 2.69. The van der Waals surface area contributed by atoms with Crippen LogP contribution in [0, 0.1) is 5.82 Å². The van der Waals surface area contributed by atoms with Gasteiger partial charge in [-0.3, -0.25) is 0 Å². The predicted octanol–water partition coefficient (Wildman–Crippen LogP) is 3.39. The van der Waals surface area contributed by atoms with Crippen LogP contribution in [0.3, 0.4) is 0 Å². The van der Waals surface area contributed by atoms with Crippen molar-refractivity contribution in [2.75, 3.05) is 13.1 Å². The molecule has 0 aliphatic rings. The molecule has 1 N–H and O–H groups in total. The maximum absolute atomic E-state index is 13.0. The third-order valence-corrected chi connectivity index (χ3v) is 2.41. The quantitative estimate of drug-likeness (QED) is 0.623. The Labute approximate surface area is 97.8 Å². The van der Waals surface area contributed by atoms with Crippen LogP contribution >= 0.6 is 0 Å². The second-order valence-corrected chi connectivity index (χ2v) is 3.77. The highest BCUT2D eigenvalue weighted by molar-refractivity contribution is 5.27. The molecular formula is C12H15F4N. The Morgan fingerprint density at radius 1 is 1.24 bits per heavy atom. The van der Waals surface area contributed by atoms with Gasteiger partial charge in [0.25, 0.3) is 0 Å². The van der Waals surface area contributed by atoms with Crippen LogP contribution < -0.4 is 5.32 Å². The fourth-order valence-electron chi connectivity index (χ4n) is 1.54. The molecule has 0 amide bonds. The van der Waals surface area contributed by atoms with Crippen LogP contribution in [0.4, 0.5) is 17.6 Å². The van der Waals surface area contributed by atoms with Crippen LogP contribution in [0.25, 0.3) is 0 Å². The van der Waals surface area contributed by atoms with Gasteiger partial charge >= 0.3 is 6.18 Å². The molecule has 0 aliphatic heterocycles. The third kappa shape index (κ3) is 4.34. The van der Waals surface area contributed by atoms with E-state index in [4.69, 9.17) is 0 Å². The van der Waals surface area contributed by atoms with Crippen molar-refractivity contribution in [2.45, 2.75) is 25.9 Å². The molecule has 0 atom stereocenters. The minimum atomic E-state index is -4.62. The SMILES string of the molecule is CCNCCCc1ccc(F)c(C(F)(F)F)c1. The molecule has 96 valence electrons. The molecule has 0 aromatic heterocycles. The number of hydrogen-bond acceptors (Lipinski definition) is 1. The zero-order valence-corrected chi connectivity index (χ0v) is 9.57. The highest BCUT2D eigenvalue weighted by Crippen LogP contribution is 2.32. The first-order chi connectivity index (χ1) is 7.95. The summed E-state index contributed by atoms with van der Waals surface area (Å²) in [4.78, 5) is 0. The first-order valence-corrected chi connectivity index (χ1v) is 5.51. The van der Waals surface area contributed by atoms with Gasteiger partial charge < -0.3 is 5.32 Å². The van der Waals surface area contributed by atoms with Gasteiger partial charge in [-0.1, -0.05) is 13.0 Å². The Bertz CT molecular complexity index is 360. The number of hydrogen-bond donors (Lipinski definition) is 1. The van der Waals surface area contributed by atoms with Crippen molar-refractivity contribution >= 4 is 0 Å². The van der Waals surface area contributed by atoms with Crippen LogP contribution in [0.5, 0.6) is 0 Å². The summed E-state index contributed by atoms with van der Waals surface area (Å²) in [7, 11) is 0. The molecule has 1 nitrogen and oxygen atoms in total. The van der Waals surface area contributed by atoms with Crippen molar-refractivity contribution in [3.8, 4) is 0 Å². The molecular weight excluding hydrogens is 234 g/mol. The van der Waals surface area contributed by atoms with E-state index in [1.165, 1.54) is 6.07 Å². The van der Waals surface area contributed by atoms with Crippen molar-refractivity contribution in [1.82, 2.24) is 5.32 Å². The average Bonchev–Trinajstić information content (AvgIpc) is 2.25. The van der Waals surface area contributed by atoms with Gasteiger partial charge in [0.1, 0.15) is 5.82 Å². The second-order valence-electron chi connectivity index (χ2n) is 3.77. The topological polar surface area (TPSA) is 12.0 Å². The molecule has 1 aromatic rings. The fourth-order valence-corrected chi connectivity index (χ4v) is 1.54. The first kappa shape index (κ1) is 14.0. The van der Waals surface area contributed by atoms with Crippen LogP contribution in [0.15, 0.2) is 18.2 Å². The molecule has 0 aliphatic carbocycles. The summed E-state index contributed by atoms with van der Waals surface area (Å²) in [6, 6.07) is 3.17. The Morgan fingerprint density at radius 3 is 2.53 bits per heavy atom. The van der Waals surface area contributed by atoms with E-state index < -0.39 is 17.6 Å². The Hall–Kier alpha value is -1.10. The van der Waals surface area contributed by atoms with Gasteiger partial charge in [0.15, 0.2) is 0 Å². The Kier molecular flexibility index (Phi) is 4.93. The van der Waals surface area contributed by atoms with Gasteiger partial charge in [-0.15, -0.1) is 0 Å². The zero-order valence-electron chi connectivity index (χ0n) is 9.57. The molecule has 1 rings (SSSR count). The summed E-state index contributed by atoms with van der Waals surface area (Å²) in [5.74, 6) is -1.21. The number of benzene rings is 1. The minimum Gasteiger partial charge on any atom is -0.317 e. The first-order valence-electron chi connectivity index (χ1n) is 5.51. The lowest BCUT2D eigenvalue weighted by atomic mass is 10.1. The summed E-state index contributed by atoms with van der Waals surface area (Å²) in [6.45, 7) is 3.53. The van der Waals surface area contributed by atoms with Gasteiger partial charge in [0.05, 0.1) is 5.56 Å². The third-order valence-electron chi connectivity index (χ3n) is 2.41.